The molecule has 0 heterocycles. The lowest BCUT2D eigenvalue weighted by molar-refractivity contribution is -0.161. The summed E-state index contributed by atoms with van der Waals surface area (Å²) in [5.41, 5.74) is 0. The van der Waals surface area contributed by atoms with E-state index in [4.69, 9.17) is 37.0 Å². The minimum atomic E-state index is -4.95. The Bertz CT molecular complexity index is 1720. The number of hydrogen-bond donors (Lipinski definition) is 3. The monoisotopic (exact) mass is 1310 g/mol. The number of aliphatic hydroxyl groups excluding tert-OH is 1. The molecule has 0 rings (SSSR count). The second kappa shape index (κ2) is 63.5. The lowest BCUT2D eigenvalue weighted by Crippen LogP contribution is -2.30. The zero-order chi connectivity index (χ0) is 65.6. The van der Waals surface area contributed by atoms with Gasteiger partial charge in [-0.15, -0.1) is 0 Å². The van der Waals surface area contributed by atoms with Crippen LogP contribution in [0, 0.1) is 5.92 Å². The normalized spacial score (nSPS) is 14.1. The number of carbonyl (C=O) groups excluding carboxylic acids is 4. The number of ether oxygens (including phenoxy) is 4. The van der Waals surface area contributed by atoms with Crippen LogP contribution in [0.2, 0.25) is 0 Å². The van der Waals surface area contributed by atoms with E-state index in [1.807, 2.05) is 0 Å². The number of hydrogen-bond acceptors (Lipinski definition) is 15. The quantitative estimate of drug-likeness (QED) is 0.0222. The Morgan fingerprint density at radius 3 is 0.764 bits per heavy atom. The van der Waals surface area contributed by atoms with Crippen LogP contribution in [-0.4, -0.2) is 96.7 Å². The summed E-state index contributed by atoms with van der Waals surface area (Å²) in [6.45, 7) is 7.22. The fourth-order valence-electron chi connectivity index (χ4n) is 10.6. The number of rotatable bonds is 70. The molecule has 2 unspecified atom stereocenters. The van der Waals surface area contributed by atoms with Gasteiger partial charge in [-0.2, -0.15) is 0 Å². The largest absolute Gasteiger partial charge is 0.472 e. The molecular formula is C70H136O17P2. The van der Waals surface area contributed by atoms with Gasteiger partial charge in [0.1, 0.15) is 19.3 Å². The summed E-state index contributed by atoms with van der Waals surface area (Å²) >= 11 is 0. The van der Waals surface area contributed by atoms with Gasteiger partial charge in [0.05, 0.1) is 26.4 Å². The Morgan fingerprint density at radius 2 is 0.517 bits per heavy atom. The van der Waals surface area contributed by atoms with Crippen molar-refractivity contribution >= 4 is 39.5 Å². The summed E-state index contributed by atoms with van der Waals surface area (Å²) in [5, 5.41) is 10.6. The topological polar surface area (TPSA) is 237 Å². The Kier molecular flexibility index (Phi) is 62.1. The maximum absolute atomic E-state index is 13.0. The zero-order valence-electron chi connectivity index (χ0n) is 57.6. The van der Waals surface area contributed by atoms with Gasteiger partial charge in [0, 0.05) is 25.7 Å². The van der Waals surface area contributed by atoms with Gasteiger partial charge in [0.2, 0.25) is 0 Å². The lowest BCUT2D eigenvalue weighted by atomic mass is 10.0. The number of esters is 4. The fourth-order valence-corrected chi connectivity index (χ4v) is 12.2. The average Bonchev–Trinajstić information content (AvgIpc) is 3.72. The smallest absolute Gasteiger partial charge is 0.462 e. The molecule has 0 amide bonds. The molecule has 89 heavy (non-hydrogen) atoms. The summed E-state index contributed by atoms with van der Waals surface area (Å²) in [5.74, 6) is -1.37. The van der Waals surface area contributed by atoms with E-state index in [2.05, 4.69) is 34.6 Å². The number of phosphoric acid groups is 2. The van der Waals surface area contributed by atoms with Gasteiger partial charge >= 0.3 is 39.5 Å². The molecule has 0 aliphatic heterocycles. The van der Waals surface area contributed by atoms with Gasteiger partial charge in [0.25, 0.3) is 0 Å². The molecule has 19 heteroatoms. The van der Waals surface area contributed by atoms with Gasteiger partial charge in [-0.25, -0.2) is 9.13 Å². The first-order valence-electron chi connectivity index (χ1n) is 36.6. The molecule has 0 radical (unpaired) electrons. The maximum atomic E-state index is 13.0. The van der Waals surface area contributed by atoms with E-state index in [-0.39, 0.29) is 25.7 Å². The second-order valence-electron chi connectivity index (χ2n) is 25.7. The first-order chi connectivity index (χ1) is 43.0. The third-order valence-electron chi connectivity index (χ3n) is 16.3. The minimum Gasteiger partial charge on any atom is -0.462 e. The molecule has 5 atom stereocenters. The molecule has 528 valence electrons. The highest BCUT2D eigenvalue weighted by Crippen LogP contribution is 2.45. The molecule has 0 aliphatic rings. The Morgan fingerprint density at radius 1 is 0.303 bits per heavy atom. The third kappa shape index (κ3) is 64.6. The van der Waals surface area contributed by atoms with E-state index in [9.17, 15) is 43.2 Å². The Balaban J connectivity index is 5.21. The zero-order valence-corrected chi connectivity index (χ0v) is 59.4. The van der Waals surface area contributed by atoms with Crippen LogP contribution in [-0.2, 0) is 65.4 Å². The van der Waals surface area contributed by atoms with E-state index >= 15 is 0 Å². The summed E-state index contributed by atoms with van der Waals surface area (Å²) in [6.07, 6.45) is 49.9. The molecule has 0 aromatic rings. The molecular weight excluding hydrogens is 1170 g/mol. The van der Waals surface area contributed by atoms with E-state index in [0.717, 1.165) is 102 Å². The molecule has 0 aromatic carbocycles. The van der Waals surface area contributed by atoms with E-state index in [1.54, 1.807) is 0 Å². The van der Waals surface area contributed by atoms with Gasteiger partial charge in [-0.05, 0) is 31.6 Å². The fraction of sp³-hybridized carbons (Fsp3) is 0.943. The highest BCUT2D eigenvalue weighted by Gasteiger charge is 2.30. The van der Waals surface area contributed by atoms with Gasteiger partial charge in [0.15, 0.2) is 12.2 Å². The van der Waals surface area contributed by atoms with Crippen LogP contribution in [0.4, 0.5) is 0 Å². The van der Waals surface area contributed by atoms with E-state index in [1.165, 1.54) is 180 Å². The lowest BCUT2D eigenvalue weighted by Gasteiger charge is -2.21. The van der Waals surface area contributed by atoms with Gasteiger partial charge in [-0.3, -0.25) is 37.3 Å². The Hall–Kier alpha value is -1.94. The van der Waals surface area contributed by atoms with Crippen molar-refractivity contribution in [2.75, 3.05) is 39.6 Å². The van der Waals surface area contributed by atoms with Crippen molar-refractivity contribution in [3.8, 4) is 0 Å². The first kappa shape index (κ1) is 87.1. The molecule has 0 bridgehead atoms. The maximum Gasteiger partial charge on any atom is 0.472 e. The van der Waals surface area contributed by atoms with Crippen LogP contribution in [0.15, 0.2) is 0 Å². The number of aliphatic hydroxyl groups is 1. The van der Waals surface area contributed by atoms with Crippen molar-refractivity contribution in [3.05, 3.63) is 0 Å². The molecule has 0 saturated carbocycles. The molecule has 0 aliphatic carbocycles. The molecule has 0 fully saturated rings. The molecule has 0 spiro atoms. The summed E-state index contributed by atoms with van der Waals surface area (Å²) < 4.78 is 68.2. The van der Waals surface area contributed by atoms with Crippen molar-refractivity contribution < 1.29 is 80.2 Å². The van der Waals surface area contributed by atoms with Crippen LogP contribution >= 0.6 is 15.6 Å². The Labute approximate surface area is 543 Å². The number of carbonyl (C=O) groups is 4. The number of phosphoric ester groups is 2. The van der Waals surface area contributed by atoms with Gasteiger partial charge in [-0.1, -0.05) is 311 Å². The van der Waals surface area contributed by atoms with Crippen LogP contribution < -0.4 is 0 Å². The standard InChI is InChI=1S/C70H136O17P2/c1-6-9-12-15-18-21-23-24-25-26-27-28-30-36-41-46-51-56-70(75)87-66(60-81-68(73)54-49-44-39-34-32-31-33-37-42-47-52-63(4)5)62-85-89(78,79)83-58-64(71)57-82-88(76,77)84-61-65(59-80-67(72)53-48-43-38-20-17-14-11-8-3)86-69(74)55-50-45-40-35-29-22-19-16-13-10-7-2/h63-66,71H,6-62H2,1-5H3,(H,76,77)(H,78,79)/t64-,65+,66+/m0/s1. The van der Waals surface area contributed by atoms with Crippen molar-refractivity contribution in [1.29, 1.82) is 0 Å². The predicted molar refractivity (Wildman–Crippen MR) is 358 cm³/mol. The highest BCUT2D eigenvalue weighted by molar-refractivity contribution is 7.47. The molecule has 0 aromatic heterocycles. The van der Waals surface area contributed by atoms with Crippen molar-refractivity contribution in [2.45, 2.75) is 380 Å². The minimum absolute atomic E-state index is 0.107. The summed E-state index contributed by atoms with van der Waals surface area (Å²) in [6, 6.07) is 0. The third-order valence-corrected chi connectivity index (χ3v) is 18.2. The van der Waals surface area contributed by atoms with E-state index < -0.39 is 97.5 Å². The highest BCUT2D eigenvalue weighted by atomic mass is 31.2. The van der Waals surface area contributed by atoms with Crippen molar-refractivity contribution in [1.82, 2.24) is 0 Å². The second-order valence-corrected chi connectivity index (χ2v) is 28.7. The van der Waals surface area contributed by atoms with Crippen LogP contribution in [0.5, 0.6) is 0 Å². The summed E-state index contributed by atoms with van der Waals surface area (Å²) in [4.78, 5) is 72.4. The van der Waals surface area contributed by atoms with Crippen molar-refractivity contribution in [2.24, 2.45) is 5.92 Å². The predicted octanol–water partition coefficient (Wildman–Crippen LogP) is 20.1. The van der Waals surface area contributed by atoms with Crippen LogP contribution in [0.25, 0.3) is 0 Å². The molecule has 0 saturated heterocycles. The van der Waals surface area contributed by atoms with Crippen LogP contribution in [0.3, 0.4) is 0 Å². The molecule has 17 nitrogen and oxygen atoms in total. The summed E-state index contributed by atoms with van der Waals surface area (Å²) in [7, 11) is -9.89. The van der Waals surface area contributed by atoms with Crippen molar-refractivity contribution in [3.63, 3.8) is 0 Å². The van der Waals surface area contributed by atoms with E-state index in [0.29, 0.717) is 25.7 Å². The molecule has 3 N–H and O–H groups in total. The van der Waals surface area contributed by atoms with Gasteiger partial charge < -0.3 is 33.8 Å². The SMILES string of the molecule is CCCCCCCCCCCCCCCCCCCC(=O)O[C@H](COC(=O)CCCCCCCCCCCCC(C)C)COP(=O)(O)OC[C@@H](O)COP(=O)(O)OC[C@@H](COC(=O)CCCCCCCCCC)OC(=O)CCCCCCCCCCCCC. The first-order valence-corrected chi connectivity index (χ1v) is 39.6. The average molecular weight is 1310 g/mol. The van der Waals surface area contributed by atoms with Crippen LogP contribution in [0.1, 0.15) is 362 Å². The number of unbranched alkanes of at least 4 members (excludes halogenated alkanes) is 42.